The standard InChI is InChI=1S/C16H21BrFNO4S/c1-15(2,3)24(23)19-16(4,9-11(20)8-14(21)22)12-7-10(17)5-6-13(12)18/h5-7,19H,8-9H2,1-4H3,(H,21,22). The highest BCUT2D eigenvalue weighted by Gasteiger charge is 2.40. The Kier molecular flexibility index (Phi) is 6.98. The number of nitrogens with one attached hydrogen (secondary N) is 1. The van der Waals surface area contributed by atoms with Gasteiger partial charge in [0.2, 0.25) is 0 Å². The van der Waals surface area contributed by atoms with Crippen LogP contribution in [0.25, 0.3) is 0 Å². The lowest BCUT2D eigenvalue weighted by Gasteiger charge is -2.35. The molecule has 2 N–H and O–H groups in total. The van der Waals surface area contributed by atoms with E-state index in [9.17, 15) is 18.5 Å². The molecule has 1 rings (SSSR count). The first-order valence-corrected chi connectivity index (χ1v) is 9.18. The fraction of sp³-hybridized carbons (Fsp3) is 0.500. The molecule has 0 spiro atoms. The average Bonchev–Trinajstić information content (AvgIpc) is 2.38. The van der Waals surface area contributed by atoms with Gasteiger partial charge in [-0.1, -0.05) is 15.9 Å². The molecule has 24 heavy (non-hydrogen) atoms. The predicted molar refractivity (Wildman–Crippen MR) is 94.4 cm³/mol. The number of aliphatic carboxylic acids is 1. The van der Waals surface area contributed by atoms with E-state index in [2.05, 4.69) is 20.7 Å². The third-order valence-electron chi connectivity index (χ3n) is 3.30. The molecule has 1 aromatic carbocycles. The Bertz CT molecular complexity index is 635. The molecule has 0 fully saturated rings. The lowest BCUT2D eigenvalue weighted by atomic mass is 9.87. The average molecular weight is 422 g/mol. The number of benzene rings is 1. The van der Waals surface area contributed by atoms with Crippen LogP contribution in [0.5, 0.6) is 0 Å². The third kappa shape index (κ3) is 5.84. The number of rotatable bonds is 7. The largest absolute Gasteiger partial charge is 0.598 e. The Morgan fingerprint density at radius 1 is 1.33 bits per heavy atom. The van der Waals surface area contributed by atoms with Crippen molar-refractivity contribution in [3.8, 4) is 0 Å². The van der Waals surface area contributed by atoms with Crippen LogP contribution < -0.4 is 4.72 Å². The summed E-state index contributed by atoms with van der Waals surface area (Å²) in [4.78, 5) is 22.8. The molecule has 1 aromatic rings. The lowest BCUT2D eigenvalue weighted by Crippen LogP contribution is -2.51. The molecular formula is C16H21BrFNO4S. The van der Waals surface area contributed by atoms with E-state index >= 15 is 0 Å². The minimum absolute atomic E-state index is 0.146. The number of hydrogen-bond donors (Lipinski definition) is 2. The normalized spacial score (nSPS) is 15.6. The number of carboxylic acids is 1. The molecule has 0 saturated carbocycles. The monoisotopic (exact) mass is 421 g/mol. The third-order valence-corrected chi connectivity index (χ3v) is 5.54. The Labute approximate surface area is 152 Å². The number of halogens is 2. The fourth-order valence-corrected chi connectivity index (χ4v) is 3.35. The number of carboxylic acid groups (broad SMARTS) is 1. The Balaban J connectivity index is 3.26. The zero-order chi connectivity index (χ0) is 18.7. The first-order valence-electron chi connectivity index (χ1n) is 7.24. The molecule has 0 saturated heterocycles. The maximum atomic E-state index is 14.3. The highest BCUT2D eigenvalue weighted by molar-refractivity contribution is 9.10. The number of Topliss-reactive ketones (excluding diaryl/α,β-unsaturated/α-hetero) is 1. The van der Waals surface area contributed by atoms with Gasteiger partial charge in [0.25, 0.3) is 0 Å². The highest BCUT2D eigenvalue weighted by atomic mass is 79.9. The van der Waals surface area contributed by atoms with Gasteiger partial charge in [0.15, 0.2) is 0 Å². The summed E-state index contributed by atoms with van der Waals surface area (Å²) in [6, 6.07) is 4.25. The van der Waals surface area contributed by atoms with Gasteiger partial charge in [-0.15, -0.1) is 4.72 Å². The molecule has 0 amide bonds. The molecular weight excluding hydrogens is 401 g/mol. The number of hydrogen-bond acceptors (Lipinski definition) is 4. The van der Waals surface area contributed by atoms with Crippen LogP contribution in [0, 0.1) is 5.82 Å². The number of carbonyl (C=O) groups excluding carboxylic acids is 1. The van der Waals surface area contributed by atoms with Gasteiger partial charge in [-0.25, -0.2) is 4.39 Å². The van der Waals surface area contributed by atoms with Gasteiger partial charge in [0.1, 0.15) is 22.8 Å². The van der Waals surface area contributed by atoms with E-state index in [1.165, 1.54) is 18.2 Å². The molecule has 8 heteroatoms. The van der Waals surface area contributed by atoms with E-state index in [-0.39, 0.29) is 12.0 Å². The molecule has 0 aromatic heterocycles. The molecule has 0 aliphatic heterocycles. The molecule has 0 bridgehead atoms. The van der Waals surface area contributed by atoms with Crippen molar-refractivity contribution in [1.82, 2.24) is 4.72 Å². The summed E-state index contributed by atoms with van der Waals surface area (Å²) >= 11 is 1.67. The summed E-state index contributed by atoms with van der Waals surface area (Å²) in [5, 5.41) is 8.78. The molecule has 2 atom stereocenters. The van der Waals surface area contributed by atoms with Gasteiger partial charge < -0.3 is 9.66 Å². The molecule has 134 valence electrons. The molecule has 0 aliphatic carbocycles. The molecule has 0 aliphatic rings. The van der Waals surface area contributed by atoms with Crippen LogP contribution in [-0.4, -0.2) is 26.2 Å². The first kappa shape index (κ1) is 21.1. The van der Waals surface area contributed by atoms with Crippen molar-refractivity contribution in [2.75, 3.05) is 0 Å². The van der Waals surface area contributed by atoms with E-state index in [1.54, 1.807) is 27.7 Å². The minimum atomic E-state index is -1.58. The summed E-state index contributed by atoms with van der Waals surface area (Å²) in [5.74, 6) is -2.40. The van der Waals surface area contributed by atoms with Crippen LogP contribution >= 0.6 is 15.9 Å². The van der Waals surface area contributed by atoms with Gasteiger partial charge in [-0.05, 0) is 45.9 Å². The molecule has 0 radical (unpaired) electrons. The Morgan fingerprint density at radius 3 is 2.42 bits per heavy atom. The van der Waals surface area contributed by atoms with Gasteiger partial charge in [0, 0.05) is 27.8 Å². The highest BCUT2D eigenvalue weighted by Crippen LogP contribution is 2.32. The van der Waals surface area contributed by atoms with Crippen LogP contribution in [0.3, 0.4) is 0 Å². The van der Waals surface area contributed by atoms with Crippen molar-refractivity contribution in [2.24, 2.45) is 0 Å². The van der Waals surface area contributed by atoms with E-state index in [0.29, 0.717) is 4.47 Å². The smallest absolute Gasteiger partial charge is 0.310 e. The summed E-state index contributed by atoms with van der Waals surface area (Å²) in [6.07, 6.45) is -0.969. The molecule has 2 unspecified atom stereocenters. The number of carbonyl (C=O) groups is 2. The fourth-order valence-electron chi connectivity index (χ4n) is 2.09. The first-order chi connectivity index (χ1) is 10.8. The van der Waals surface area contributed by atoms with Crippen LogP contribution in [0.1, 0.15) is 46.1 Å². The van der Waals surface area contributed by atoms with Crippen molar-refractivity contribution >= 4 is 39.0 Å². The molecule has 5 nitrogen and oxygen atoms in total. The van der Waals surface area contributed by atoms with E-state index in [4.69, 9.17) is 5.11 Å². The summed E-state index contributed by atoms with van der Waals surface area (Å²) < 4.78 is 29.6. The van der Waals surface area contributed by atoms with Gasteiger partial charge in [-0.3, -0.25) is 9.59 Å². The van der Waals surface area contributed by atoms with Crippen molar-refractivity contribution in [3.05, 3.63) is 34.1 Å². The van der Waals surface area contributed by atoms with E-state index in [0.717, 1.165) is 0 Å². The second kappa shape index (κ2) is 7.95. The van der Waals surface area contributed by atoms with Crippen LogP contribution in [0.2, 0.25) is 0 Å². The quantitative estimate of drug-likeness (QED) is 0.520. The second-order valence-electron chi connectivity index (χ2n) is 6.73. The van der Waals surface area contributed by atoms with Crippen molar-refractivity contribution in [2.45, 2.75) is 50.8 Å². The SMILES string of the molecule is CC(CC(=O)CC(=O)O)(N[S+]([O-])C(C)(C)C)c1cc(Br)ccc1F. The van der Waals surface area contributed by atoms with E-state index < -0.39 is 45.6 Å². The zero-order valence-electron chi connectivity index (χ0n) is 14.0. The molecule has 0 heterocycles. The van der Waals surface area contributed by atoms with Crippen molar-refractivity contribution in [1.29, 1.82) is 0 Å². The second-order valence-corrected chi connectivity index (χ2v) is 9.61. The van der Waals surface area contributed by atoms with Crippen LogP contribution in [0.4, 0.5) is 4.39 Å². The van der Waals surface area contributed by atoms with Crippen LogP contribution in [-0.2, 0) is 26.5 Å². The maximum Gasteiger partial charge on any atom is 0.310 e. The van der Waals surface area contributed by atoms with Crippen LogP contribution in [0.15, 0.2) is 22.7 Å². The summed E-state index contributed by atoms with van der Waals surface area (Å²) in [5.41, 5.74) is -1.16. The lowest BCUT2D eigenvalue weighted by molar-refractivity contribution is -0.140. The van der Waals surface area contributed by atoms with E-state index in [1.807, 2.05) is 0 Å². The Morgan fingerprint density at radius 2 is 1.92 bits per heavy atom. The van der Waals surface area contributed by atoms with Gasteiger partial charge in [0.05, 0.1) is 5.54 Å². The van der Waals surface area contributed by atoms with Crippen molar-refractivity contribution < 1.29 is 23.6 Å². The summed E-state index contributed by atoms with van der Waals surface area (Å²) in [6.45, 7) is 6.77. The van der Waals surface area contributed by atoms with Gasteiger partial charge in [-0.2, -0.15) is 0 Å². The minimum Gasteiger partial charge on any atom is -0.598 e. The summed E-state index contributed by atoms with van der Waals surface area (Å²) in [7, 11) is 0. The van der Waals surface area contributed by atoms with Crippen molar-refractivity contribution in [3.63, 3.8) is 0 Å². The van der Waals surface area contributed by atoms with Gasteiger partial charge >= 0.3 is 5.97 Å². The Hall–Kier alpha value is -0.960. The predicted octanol–water partition coefficient (Wildman–Crippen LogP) is 3.29. The number of ketones is 1. The topological polar surface area (TPSA) is 89.5 Å². The zero-order valence-corrected chi connectivity index (χ0v) is 16.4. The maximum absolute atomic E-state index is 14.3.